The molecule has 0 bridgehead atoms. The van der Waals surface area contributed by atoms with Crippen molar-refractivity contribution in [1.82, 2.24) is 4.90 Å². The average Bonchev–Trinajstić information content (AvgIpc) is 2.38. The number of likely N-dealkylation sites (tertiary alicyclic amines) is 1. The van der Waals surface area contributed by atoms with Gasteiger partial charge in [-0.3, -0.25) is 4.79 Å². The van der Waals surface area contributed by atoms with Gasteiger partial charge in [-0.15, -0.1) is 0 Å². The van der Waals surface area contributed by atoms with Gasteiger partial charge in [0.1, 0.15) is 0 Å². The highest BCUT2D eigenvalue weighted by Crippen LogP contribution is 2.26. The largest absolute Gasteiger partial charge is 0.392 e. The quantitative estimate of drug-likeness (QED) is 0.821. The minimum Gasteiger partial charge on any atom is -0.392 e. The summed E-state index contributed by atoms with van der Waals surface area (Å²) in [5.74, 6) is -0.102. The molecule has 1 saturated heterocycles. The Labute approximate surface area is 131 Å². The van der Waals surface area contributed by atoms with E-state index in [4.69, 9.17) is 29.6 Å². The van der Waals surface area contributed by atoms with Crippen LogP contribution in [-0.2, 0) is 0 Å². The predicted octanol–water partition coefficient (Wildman–Crippen LogP) is 3.38. The predicted molar refractivity (Wildman–Crippen MR) is 84.6 cm³/mol. The first kappa shape index (κ1) is 14.8. The zero-order valence-corrected chi connectivity index (χ0v) is 13.4. The summed E-state index contributed by atoms with van der Waals surface area (Å²) in [6, 6.07) is 5.09. The molecule has 2 N–H and O–H groups in total. The van der Waals surface area contributed by atoms with E-state index in [0.29, 0.717) is 22.1 Å². The smallest absolute Gasteiger partial charge is 0.255 e. The van der Waals surface area contributed by atoms with Crippen molar-refractivity contribution in [2.75, 3.05) is 6.54 Å². The summed E-state index contributed by atoms with van der Waals surface area (Å²) in [6.45, 7) is 0.674. The Morgan fingerprint density at radius 1 is 1.47 bits per heavy atom. The lowest BCUT2D eigenvalue weighted by Crippen LogP contribution is -2.49. The van der Waals surface area contributed by atoms with Gasteiger partial charge in [0.2, 0.25) is 0 Å². The highest BCUT2D eigenvalue weighted by atomic mass is 79.9. The van der Waals surface area contributed by atoms with Gasteiger partial charge in [0.05, 0.1) is 21.6 Å². The number of nitrogens with zero attached hydrogens (tertiary/aromatic N) is 1. The zero-order chi connectivity index (χ0) is 14.0. The van der Waals surface area contributed by atoms with Crippen molar-refractivity contribution in [1.29, 1.82) is 0 Å². The summed E-state index contributed by atoms with van der Waals surface area (Å²) >= 11 is 14.5. The lowest BCUT2D eigenvalue weighted by atomic mass is 10.0. The van der Waals surface area contributed by atoms with Crippen molar-refractivity contribution >= 4 is 50.6 Å². The Kier molecular flexibility index (Phi) is 4.81. The summed E-state index contributed by atoms with van der Waals surface area (Å²) in [4.78, 5) is 14.7. The van der Waals surface area contributed by atoms with E-state index in [1.807, 2.05) is 0 Å². The van der Waals surface area contributed by atoms with Crippen LogP contribution in [-0.4, -0.2) is 28.4 Å². The minimum absolute atomic E-state index is 0.102. The molecule has 1 unspecified atom stereocenters. The number of thiocarbonyl (C=S) groups is 1. The Bertz CT molecular complexity index is 523. The summed E-state index contributed by atoms with van der Waals surface area (Å²) < 4.78 is 0.846. The van der Waals surface area contributed by atoms with Crippen LogP contribution in [0, 0.1) is 0 Å². The van der Waals surface area contributed by atoms with Gasteiger partial charge >= 0.3 is 0 Å². The van der Waals surface area contributed by atoms with Crippen molar-refractivity contribution in [2.45, 2.75) is 25.3 Å². The lowest BCUT2D eigenvalue weighted by molar-refractivity contribution is 0.0681. The van der Waals surface area contributed by atoms with Crippen LogP contribution < -0.4 is 5.73 Å². The number of rotatable bonds is 2. The van der Waals surface area contributed by atoms with Crippen LogP contribution in [0.2, 0.25) is 5.02 Å². The van der Waals surface area contributed by atoms with Crippen LogP contribution in [0.3, 0.4) is 0 Å². The van der Waals surface area contributed by atoms with Crippen LogP contribution >= 0.6 is 39.7 Å². The summed E-state index contributed by atoms with van der Waals surface area (Å²) in [7, 11) is 0. The van der Waals surface area contributed by atoms with E-state index in [1.165, 1.54) is 0 Å². The van der Waals surface area contributed by atoms with Crippen molar-refractivity contribution in [3.63, 3.8) is 0 Å². The molecular weight excluding hydrogens is 348 g/mol. The normalized spacial score (nSPS) is 19.3. The molecular formula is C13H14BrClN2OS. The molecule has 1 aromatic rings. The van der Waals surface area contributed by atoms with Gasteiger partial charge in [-0.1, -0.05) is 39.7 Å². The third-order valence-corrected chi connectivity index (χ3v) is 4.33. The number of hydrogen-bond acceptors (Lipinski definition) is 2. The lowest BCUT2D eigenvalue weighted by Gasteiger charge is -2.35. The molecule has 1 amide bonds. The number of nitrogens with two attached hydrogens (primary N) is 1. The molecule has 2 rings (SSSR count). The van der Waals surface area contributed by atoms with E-state index in [-0.39, 0.29) is 11.9 Å². The fourth-order valence-corrected chi connectivity index (χ4v) is 3.29. The molecule has 19 heavy (non-hydrogen) atoms. The Morgan fingerprint density at radius 3 is 2.84 bits per heavy atom. The van der Waals surface area contributed by atoms with Crippen molar-refractivity contribution < 1.29 is 4.79 Å². The SMILES string of the molecule is NC(=S)C1CCCCN1C(=O)c1ccc(Br)cc1Cl. The van der Waals surface area contributed by atoms with Crippen molar-refractivity contribution in [2.24, 2.45) is 5.73 Å². The molecule has 0 spiro atoms. The number of piperidine rings is 1. The van der Waals surface area contributed by atoms with Gasteiger partial charge in [0, 0.05) is 11.0 Å². The average molecular weight is 362 g/mol. The summed E-state index contributed by atoms with van der Waals surface area (Å²) in [5.41, 5.74) is 6.23. The number of amides is 1. The first-order valence-corrected chi connectivity index (χ1v) is 7.64. The number of carbonyl (C=O) groups excluding carboxylic acids is 1. The monoisotopic (exact) mass is 360 g/mol. The summed E-state index contributed by atoms with van der Waals surface area (Å²) in [5, 5.41) is 0.437. The van der Waals surface area contributed by atoms with Gasteiger partial charge in [-0.2, -0.15) is 0 Å². The van der Waals surface area contributed by atoms with Crippen molar-refractivity contribution in [3.05, 3.63) is 33.3 Å². The molecule has 1 aliphatic rings. The second-order valence-corrected chi connectivity index (χ2v) is 6.33. The van der Waals surface area contributed by atoms with E-state index in [0.717, 1.165) is 23.7 Å². The number of benzene rings is 1. The highest BCUT2D eigenvalue weighted by Gasteiger charge is 2.30. The molecule has 0 aliphatic carbocycles. The molecule has 3 nitrogen and oxygen atoms in total. The maximum atomic E-state index is 12.6. The number of carbonyl (C=O) groups is 1. The number of hydrogen-bond donors (Lipinski definition) is 1. The second-order valence-electron chi connectivity index (χ2n) is 4.54. The van der Waals surface area contributed by atoms with E-state index < -0.39 is 0 Å². The zero-order valence-electron chi connectivity index (χ0n) is 10.2. The molecule has 0 saturated carbocycles. The van der Waals surface area contributed by atoms with Crippen LogP contribution in [0.4, 0.5) is 0 Å². The van der Waals surface area contributed by atoms with E-state index in [2.05, 4.69) is 15.9 Å². The van der Waals surface area contributed by atoms with Crippen LogP contribution in [0.1, 0.15) is 29.6 Å². The van der Waals surface area contributed by atoms with E-state index >= 15 is 0 Å². The highest BCUT2D eigenvalue weighted by molar-refractivity contribution is 9.10. The molecule has 102 valence electrons. The summed E-state index contributed by atoms with van der Waals surface area (Å²) in [6.07, 6.45) is 2.84. The van der Waals surface area contributed by atoms with Gasteiger partial charge in [-0.05, 0) is 37.5 Å². The molecule has 0 radical (unpaired) electrons. The van der Waals surface area contributed by atoms with Gasteiger partial charge in [-0.25, -0.2) is 0 Å². The number of halogens is 2. The molecule has 6 heteroatoms. The Hall–Kier alpha value is -0.650. The first-order valence-electron chi connectivity index (χ1n) is 6.06. The Morgan fingerprint density at radius 2 is 2.21 bits per heavy atom. The first-order chi connectivity index (χ1) is 9.00. The molecule has 1 heterocycles. The molecule has 1 fully saturated rings. The molecule has 1 atom stereocenters. The topological polar surface area (TPSA) is 46.3 Å². The van der Waals surface area contributed by atoms with E-state index in [1.54, 1.807) is 23.1 Å². The Balaban J connectivity index is 2.28. The second kappa shape index (κ2) is 6.20. The third kappa shape index (κ3) is 3.27. The fourth-order valence-electron chi connectivity index (χ4n) is 2.29. The van der Waals surface area contributed by atoms with Crippen molar-refractivity contribution in [3.8, 4) is 0 Å². The van der Waals surface area contributed by atoms with Gasteiger partial charge in [0.25, 0.3) is 5.91 Å². The molecule has 1 aromatic carbocycles. The maximum Gasteiger partial charge on any atom is 0.255 e. The maximum absolute atomic E-state index is 12.6. The molecule has 1 aliphatic heterocycles. The minimum atomic E-state index is -0.157. The molecule has 0 aromatic heterocycles. The fraction of sp³-hybridized carbons (Fsp3) is 0.385. The standard InChI is InChI=1S/C13H14BrClN2OS/c14-8-4-5-9(10(15)7-8)13(18)17-6-2-1-3-11(17)12(16)19/h4-5,7,11H,1-3,6H2,(H2,16,19). The van der Waals surface area contributed by atoms with Gasteiger partial charge in [0.15, 0.2) is 0 Å². The van der Waals surface area contributed by atoms with Crippen LogP contribution in [0.25, 0.3) is 0 Å². The van der Waals surface area contributed by atoms with E-state index in [9.17, 15) is 4.79 Å². The van der Waals surface area contributed by atoms with Crippen LogP contribution in [0.5, 0.6) is 0 Å². The van der Waals surface area contributed by atoms with Gasteiger partial charge < -0.3 is 10.6 Å². The van der Waals surface area contributed by atoms with Crippen LogP contribution in [0.15, 0.2) is 22.7 Å². The third-order valence-electron chi connectivity index (χ3n) is 3.25.